The van der Waals surface area contributed by atoms with Gasteiger partial charge in [0.25, 0.3) is 0 Å². The van der Waals surface area contributed by atoms with Crippen molar-refractivity contribution in [1.29, 1.82) is 0 Å². The van der Waals surface area contributed by atoms with E-state index in [0.717, 1.165) is 46.2 Å². The van der Waals surface area contributed by atoms with E-state index in [9.17, 15) is 0 Å². The smallest absolute Gasteiger partial charge is 0.147 e. The first kappa shape index (κ1) is 26.2. The molecule has 0 spiro atoms. The minimum atomic E-state index is -0.654. The highest BCUT2D eigenvalue weighted by Gasteiger charge is 2.57. The van der Waals surface area contributed by atoms with Crippen LogP contribution in [0, 0.1) is 10.8 Å². The van der Waals surface area contributed by atoms with Crippen LogP contribution in [-0.4, -0.2) is 64.8 Å². The Hall–Kier alpha value is 0.234. The van der Waals surface area contributed by atoms with Gasteiger partial charge in [-0.1, -0.05) is 54.4 Å². The topological polar surface area (TPSA) is 62.9 Å². The largest absolute Gasteiger partial charge is 0.357 e. The molecule has 0 aliphatic heterocycles. The quantitative estimate of drug-likeness (QED) is 0.267. The summed E-state index contributed by atoms with van der Waals surface area (Å²) in [5.74, 6) is 0. The Balaban J connectivity index is 5.60. The lowest BCUT2D eigenvalue weighted by molar-refractivity contribution is -0.268. The van der Waals surface area contributed by atoms with Crippen molar-refractivity contribution in [2.24, 2.45) is 16.6 Å². The molecule has 0 aromatic heterocycles. The zero-order valence-electron chi connectivity index (χ0n) is 19.0. The lowest BCUT2D eigenvalue weighted by atomic mass is 9.68. The van der Waals surface area contributed by atoms with Crippen molar-refractivity contribution in [3.05, 3.63) is 0 Å². The number of nitrogens with two attached hydrogens (primary N) is 1. The Morgan fingerprint density at radius 3 is 1.31 bits per heavy atom. The first-order valence-corrected chi connectivity index (χ1v) is 12.0. The minimum Gasteiger partial charge on any atom is -0.357 e. The van der Waals surface area contributed by atoms with Crippen LogP contribution in [0.3, 0.4) is 0 Å². The van der Waals surface area contributed by atoms with Crippen LogP contribution in [0.25, 0.3) is 0 Å². The first-order chi connectivity index (χ1) is 11.9. The molecule has 158 valence electrons. The van der Waals surface area contributed by atoms with E-state index >= 15 is 0 Å². The molecule has 7 heteroatoms. The average Bonchev–Trinajstić information content (AvgIpc) is 2.60. The van der Waals surface area contributed by atoms with Gasteiger partial charge in [0.1, 0.15) is 10.8 Å². The molecule has 0 aliphatic carbocycles. The van der Waals surface area contributed by atoms with Crippen LogP contribution in [0.4, 0.5) is 0 Å². The predicted octanol–water partition coefficient (Wildman–Crippen LogP) is 1.33. The normalized spacial score (nSPS) is 19.3. The molecule has 2 unspecified atom stereocenters. The third-order valence-corrected chi connectivity index (χ3v) is 10.4. The second-order valence-corrected chi connectivity index (χ2v) is 11.3. The number of unbranched alkanes of at least 4 members (excludes halogenated alkanes) is 2. The van der Waals surface area contributed by atoms with Gasteiger partial charge >= 0.3 is 0 Å². The Kier molecular flexibility index (Phi) is 10.8. The molecule has 0 fully saturated rings. The molecule has 26 heavy (non-hydrogen) atoms. The van der Waals surface area contributed by atoms with Gasteiger partial charge in [-0.2, -0.15) is 0 Å². The molecule has 2 N–H and O–H groups in total. The van der Waals surface area contributed by atoms with Gasteiger partial charge in [0.05, 0.1) is 20.5 Å². The monoisotopic (exact) mass is 407 g/mol. The third-order valence-electron chi connectivity index (χ3n) is 6.43. The summed E-state index contributed by atoms with van der Waals surface area (Å²) < 4.78 is 24.3. The van der Waals surface area contributed by atoms with Crippen LogP contribution in [0.1, 0.15) is 67.2 Å². The summed E-state index contributed by atoms with van der Waals surface area (Å²) in [6.45, 7) is 14.3. The Bertz CT molecular complexity index is 373. The molecular weight excluding hydrogens is 362 g/mol. The lowest BCUT2D eigenvalue weighted by Crippen LogP contribution is -2.68. The van der Waals surface area contributed by atoms with E-state index in [-0.39, 0.29) is 6.04 Å². The average molecular weight is 408 g/mol. The molecule has 2 atom stereocenters. The summed E-state index contributed by atoms with van der Waals surface area (Å²) in [4.78, 5) is 0. The molecular formula is C19H45NO4Si2. The van der Waals surface area contributed by atoms with Gasteiger partial charge in [-0.3, -0.25) is 0 Å². The maximum Gasteiger partial charge on any atom is 0.147 e. The van der Waals surface area contributed by atoms with E-state index in [1.807, 2.05) is 0 Å². The summed E-state index contributed by atoms with van der Waals surface area (Å²) in [7, 11) is 4.90. The van der Waals surface area contributed by atoms with Crippen molar-refractivity contribution in [1.82, 2.24) is 0 Å². The van der Waals surface area contributed by atoms with Crippen molar-refractivity contribution < 1.29 is 18.9 Å². The van der Waals surface area contributed by atoms with E-state index in [1.165, 1.54) is 0 Å². The van der Waals surface area contributed by atoms with Crippen molar-refractivity contribution in [3.63, 3.8) is 0 Å². The number of methoxy groups -OCH3 is 2. The Labute approximate surface area is 167 Å². The fraction of sp³-hybridized carbons (Fsp3) is 1.00. The molecule has 0 radical (unpaired) electrons. The molecule has 0 heterocycles. The summed E-state index contributed by atoms with van der Waals surface area (Å²) in [5.41, 5.74) is 4.79. The van der Waals surface area contributed by atoms with Gasteiger partial charge in [-0.05, 0) is 12.8 Å². The second-order valence-electron chi connectivity index (χ2n) is 8.62. The van der Waals surface area contributed by atoms with Crippen molar-refractivity contribution in [2.75, 3.05) is 27.4 Å². The molecule has 0 bridgehead atoms. The van der Waals surface area contributed by atoms with Gasteiger partial charge in [0.15, 0.2) is 0 Å². The molecule has 0 aromatic carbocycles. The zero-order chi connectivity index (χ0) is 20.6. The van der Waals surface area contributed by atoms with E-state index < -0.39 is 21.7 Å². The molecule has 0 aliphatic rings. The first-order valence-electron chi connectivity index (χ1n) is 10.0. The van der Waals surface area contributed by atoms with Crippen LogP contribution >= 0.6 is 0 Å². The number of ether oxygens (including phenoxy) is 4. The third kappa shape index (κ3) is 5.62. The highest BCUT2D eigenvalue weighted by atomic mass is 28.2. The number of hydrogen-bond donors (Lipinski definition) is 1. The van der Waals surface area contributed by atoms with Gasteiger partial charge < -0.3 is 24.7 Å². The fourth-order valence-electron chi connectivity index (χ4n) is 3.31. The summed E-state index contributed by atoms with van der Waals surface area (Å²) >= 11 is 0. The summed E-state index contributed by atoms with van der Waals surface area (Å²) in [6, 6.07) is -0.229. The highest BCUT2D eigenvalue weighted by Crippen LogP contribution is 2.46. The molecule has 0 aromatic rings. The highest BCUT2D eigenvalue weighted by molar-refractivity contribution is 6.14. The van der Waals surface area contributed by atoms with Gasteiger partial charge in [0.2, 0.25) is 0 Å². The number of hydrogen-bond acceptors (Lipinski definition) is 5. The van der Waals surface area contributed by atoms with E-state index in [2.05, 4.69) is 41.5 Å². The van der Waals surface area contributed by atoms with Crippen LogP contribution in [0.2, 0.25) is 0 Å². The predicted molar refractivity (Wildman–Crippen MR) is 117 cm³/mol. The van der Waals surface area contributed by atoms with Gasteiger partial charge in [-0.15, -0.1) is 0 Å². The second kappa shape index (κ2) is 10.7. The zero-order valence-corrected chi connectivity index (χ0v) is 23.0. The minimum absolute atomic E-state index is 0.229. The Morgan fingerprint density at radius 1 is 0.769 bits per heavy atom. The number of rotatable bonds is 14. The maximum absolute atomic E-state index is 6.89. The van der Waals surface area contributed by atoms with Crippen LogP contribution < -0.4 is 5.73 Å². The molecule has 0 saturated heterocycles. The van der Waals surface area contributed by atoms with E-state index in [1.54, 1.807) is 14.2 Å². The van der Waals surface area contributed by atoms with E-state index in [4.69, 9.17) is 24.7 Å². The standard InChI is InChI=1S/C19H45NO4Si2/c1-9-11-13-23-18(25,21-7)16(3,4)15(20)17(5,6)19(26,22-8)24-14-12-10-2/h15H,9-14,20H2,1-8,25-26H3. The summed E-state index contributed by atoms with van der Waals surface area (Å²) in [5, 5.41) is 0. The maximum atomic E-state index is 6.89. The van der Waals surface area contributed by atoms with Crippen molar-refractivity contribution in [3.8, 4) is 0 Å². The lowest BCUT2D eigenvalue weighted by Gasteiger charge is -2.55. The van der Waals surface area contributed by atoms with Crippen molar-refractivity contribution >= 4 is 20.5 Å². The Morgan fingerprint density at radius 2 is 1.08 bits per heavy atom. The SMILES string of the molecule is CCCCOC([SiH3])(OC)C(C)(C)C(N)C(C)(C)C([SiH3])(OC)OCCCC. The van der Waals surface area contributed by atoms with Crippen LogP contribution in [0.15, 0.2) is 0 Å². The summed E-state index contributed by atoms with van der Waals surface area (Å²) in [6.07, 6.45) is 4.23. The molecule has 0 saturated carbocycles. The van der Waals surface area contributed by atoms with Crippen LogP contribution in [0.5, 0.6) is 0 Å². The molecule has 0 amide bonds. The van der Waals surface area contributed by atoms with Gasteiger partial charge in [-0.25, -0.2) is 0 Å². The van der Waals surface area contributed by atoms with Crippen molar-refractivity contribution in [2.45, 2.75) is 84.1 Å². The van der Waals surface area contributed by atoms with Gasteiger partial charge in [0, 0.05) is 44.3 Å². The fourth-order valence-corrected chi connectivity index (χ4v) is 4.34. The van der Waals surface area contributed by atoms with E-state index in [0.29, 0.717) is 13.2 Å². The molecule has 0 rings (SSSR count). The molecule has 5 nitrogen and oxygen atoms in total. The van der Waals surface area contributed by atoms with Crippen LogP contribution in [-0.2, 0) is 18.9 Å².